The fraction of sp³-hybridized carbons (Fsp3) is 0.571. The first-order valence-electron chi connectivity index (χ1n) is 6.81. The van der Waals surface area contributed by atoms with E-state index in [2.05, 4.69) is 10.3 Å². The number of aromatic carboxylic acids is 1. The van der Waals surface area contributed by atoms with Crippen molar-refractivity contribution in [2.24, 2.45) is 0 Å². The van der Waals surface area contributed by atoms with E-state index in [0.29, 0.717) is 11.9 Å². The van der Waals surface area contributed by atoms with Gasteiger partial charge in [0.05, 0.1) is 6.10 Å². The molecule has 1 fully saturated rings. The number of hydrogen-bond donors (Lipinski definition) is 2. The molecule has 1 aliphatic heterocycles. The highest BCUT2D eigenvalue weighted by Gasteiger charge is 2.12. The predicted octanol–water partition coefficient (Wildman–Crippen LogP) is 2.54. The molecule has 19 heavy (non-hydrogen) atoms. The Morgan fingerprint density at radius 2 is 2.37 bits per heavy atom. The van der Waals surface area contributed by atoms with Gasteiger partial charge in [0.2, 0.25) is 0 Å². The van der Waals surface area contributed by atoms with Crippen molar-refractivity contribution in [2.45, 2.75) is 38.2 Å². The Hall–Kier alpha value is -1.62. The van der Waals surface area contributed by atoms with Crippen molar-refractivity contribution in [3.8, 4) is 0 Å². The molecule has 0 bridgehead atoms. The lowest BCUT2D eigenvalue weighted by Crippen LogP contribution is -2.20. The van der Waals surface area contributed by atoms with Gasteiger partial charge < -0.3 is 15.2 Å². The monoisotopic (exact) mass is 264 g/mol. The Bertz CT molecular complexity index is 417. The molecule has 104 valence electrons. The Kier molecular flexibility index (Phi) is 5.15. The van der Waals surface area contributed by atoms with Gasteiger partial charge in [-0.1, -0.05) is 6.07 Å². The highest BCUT2D eigenvalue weighted by atomic mass is 16.5. The predicted molar refractivity (Wildman–Crippen MR) is 72.5 cm³/mol. The molecule has 1 aromatic rings. The number of nitrogens with one attached hydrogen (secondary N) is 1. The van der Waals surface area contributed by atoms with Crippen molar-refractivity contribution in [1.82, 2.24) is 4.98 Å². The van der Waals surface area contributed by atoms with Crippen LogP contribution in [-0.4, -0.2) is 35.3 Å². The third-order valence-electron chi connectivity index (χ3n) is 3.25. The van der Waals surface area contributed by atoms with Crippen LogP contribution in [0.2, 0.25) is 0 Å². The maximum Gasteiger partial charge on any atom is 0.354 e. The highest BCUT2D eigenvalue weighted by molar-refractivity contribution is 5.85. The number of hydrogen-bond acceptors (Lipinski definition) is 4. The van der Waals surface area contributed by atoms with Crippen molar-refractivity contribution >= 4 is 11.8 Å². The molecule has 5 nitrogen and oxygen atoms in total. The summed E-state index contributed by atoms with van der Waals surface area (Å²) in [5.74, 6) is -0.385. The summed E-state index contributed by atoms with van der Waals surface area (Å²) in [6, 6.07) is 4.97. The number of aromatic nitrogens is 1. The molecule has 0 spiro atoms. The van der Waals surface area contributed by atoms with Gasteiger partial charge in [-0.3, -0.25) is 0 Å². The van der Waals surface area contributed by atoms with Crippen LogP contribution >= 0.6 is 0 Å². The van der Waals surface area contributed by atoms with Gasteiger partial charge in [0.25, 0.3) is 0 Å². The van der Waals surface area contributed by atoms with E-state index in [1.807, 2.05) is 0 Å². The van der Waals surface area contributed by atoms with E-state index in [0.717, 1.165) is 32.4 Å². The first kappa shape index (κ1) is 13.8. The molecule has 2 heterocycles. The van der Waals surface area contributed by atoms with E-state index >= 15 is 0 Å². The van der Waals surface area contributed by atoms with Crippen molar-refractivity contribution in [3.63, 3.8) is 0 Å². The van der Waals surface area contributed by atoms with Crippen molar-refractivity contribution < 1.29 is 14.6 Å². The summed E-state index contributed by atoms with van der Waals surface area (Å²) in [6.07, 6.45) is 6.05. The van der Waals surface area contributed by atoms with Crippen molar-refractivity contribution in [3.05, 3.63) is 23.9 Å². The van der Waals surface area contributed by atoms with E-state index in [1.165, 1.54) is 18.9 Å². The lowest BCUT2D eigenvalue weighted by molar-refractivity contribution is 0.0107. The second-order valence-electron chi connectivity index (χ2n) is 4.77. The molecule has 1 saturated heterocycles. The van der Waals surface area contributed by atoms with Gasteiger partial charge in [0.15, 0.2) is 5.69 Å². The molecule has 0 amide bonds. The zero-order valence-corrected chi connectivity index (χ0v) is 11.0. The van der Waals surface area contributed by atoms with Crippen LogP contribution in [0.25, 0.3) is 0 Å². The third kappa shape index (κ3) is 4.52. The number of carboxylic acid groups (broad SMARTS) is 1. The van der Waals surface area contributed by atoms with Crippen molar-refractivity contribution in [1.29, 1.82) is 0 Å². The highest BCUT2D eigenvalue weighted by Crippen LogP contribution is 2.17. The molecule has 1 unspecified atom stereocenters. The fourth-order valence-corrected chi connectivity index (χ4v) is 2.23. The summed E-state index contributed by atoms with van der Waals surface area (Å²) >= 11 is 0. The van der Waals surface area contributed by atoms with E-state index in [9.17, 15) is 4.79 Å². The zero-order valence-electron chi connectivity index (χ0n) is 11.0. The molecule has 0 radical (unpaired) electrons. The molecule has 0 aromatic carbocycles. The van der Waals surface area contributed by atoms with Gasteiger partial charge in [-0.2, -0.15) is 0 Å². The number of ether oxygens (including phenoxy) is 1. The van der Waals surface area contributed by atoms with Crippen LogP contribution in [0.15, 0.2) is 18.2 Å². The van der Waals surface area contributed by atoms with Crippen LogP contribution in [0.1, 0.15) is 42.6 Å². The van der Waals surface area contributed by atoms with Crippen molar-refractivity contribution in [2.75, 3.05) is 18.5 Å². The molecule has 0 saturated carbocycles. The van der Waals surface area contributed by atoms with E-state index in [1.54, 1.807) is 12.1 Å². The van der Waals surface area contributed by atoms with E-state index in [4.69, 9.17) is 9.84 Å². The van der Waals surface area contributed by atoms with Crippen LogP contribution in [0, 0.1) is 0 Å². The summed E-state index contributed by atoms with van der Waals surface area (Å²) in [6.45, 7) is 1.68. The summed E-state index contributed by atoms with van der Waals surface area (Å²) in [5.41, 5.74) is 0.0700. The Labute approximate surface area is 113 Å². The smallest absolute Gasteiger partial charge is 0.354 e. The number of carboxylic acids is 1. The average Bonchev–Trinajstić information content (AvgIpc) is 2.45. The lowest BCUT2D eigenvalue weighted by atomic mass is 10.0. The normalized spacial score (nSPS) is 19.1. The molecular weight excluding hydrogens is 244 g/mol. The Morgan fingerprint density at radius 1 is 1.47 bits per heavy atom. The summed E-state index contributed by atoms with van der Waals surface area (Å²) in [5, 5.41) is 12.0. The standard InChI is InChI=1S/C14H20N2O3/c17-14(18)12-7-3-8-13(16-12)15-9-4-6-11-5-1-2-10-19-11/h3,7-8,11H,1-2,4-6,9-10H2,(H,15,16)(H,17,18). The molecular formula is C14H20N2O3. The Morgan fingerprint density at radius 3 is 3.11 bits per heavy atom. The zero-order chi connectivity index (χ0) is 13.5. The van der Waals surface area contributed by atoms with Gasteiger partial charge in [-0.25, -0.2) is 9.78 Å². The second kappa shape index (κ2) is 7.09. The molecule has 2 N–H and O–H groups in total. The first-order chi connectivity index (χ1) is 9.25. The minimum absolute atomic E-state index is 0.0700. The number of anilines is 1. The largest absolute Gasteiger partial charge is 0.477 e. The van der Waals surface area contributed by atoms with Crippen LogP contribution < -0.4 is 5.32 Å². The minimum Gasteiger partial charge on any atom is -0.477 e. The van der Waals surface area contributed by atoms with Crippen LogP contribution in [0.3, 0.4) is 0 Å². The van der Waals surface area contributed by atoms with E-state index < -0.39 is 5.97 Å². The summed E-state index contributed by atoms with van der Waals surface area (Å²) in [4.78, 5) is 14.8. The lowest BCUT2D eigenvalue weighted by Gasteiger charge is -2.22. The minimum atomic E-state index is -1.00. The average molecular weight is 264 g/mol. The maximum absolute atomic E-state index is 10.8. The SMILES string of the molecule is O=C(O)c1cccc(NCCCC2CCCCO2)n1. The van der Waals surface area contributed by atoms with Crippen LogP contribution in [-0.2, 0) is 4.74 Å². The third-order valence-corrected chi connectivity index (χ3v) is 3.25. The summed E-state index contributed by atoms with van der Waals surface area (Å²) < 4.78 is 5.66. The van der Waals surface area contributed by atoms with Gasteiger partial charge in [-0.15, -0.1) is 0 Å². The van der Waals surface area contributed by atoms with Gasteiger partial charge in [-0.05, 0) is 44.2 Å². The Balaban J connectivity index is 1.70. The van der Waals surface area contributed by atoms with Gasteiger partial charge >= 0.3 is 5.97 Å². The molecule has 1 atom stereocenters. The first-order valence-corrected chi connectivity index (χ1v) is 6.81. The number of rotatable bonds is 6. The topological polar surface area (TPSA) is 71.5 Å². The summed E-state index contributed by atoms with van der Waals surface area (Å²) in [7, 11) is 0. The maximum atomic E-state index is 10.8. The molecule has 1 aliphatic rings. The number of carbonyl (C=O) groups is 1. The van der Waals surface area contributed by atoms with Crippen LogP contribution in [0.5, 0.6) is 0 Å². The fourth-order valence-electron chi connectivity index (χ4n) is 2.23. The molecule has 1 aromatic heterocycles. The molecule has 0 aliphatic carbocycles. The number of nitrogens with zero attached hydrogens (tertiary/aromatic N) is 1. The van der Waals surface area contributed by atoms with Gasteiger partial charge in [0, 0.05) is 13.2 Å². The van der Waals surface area contributed by atoms with Crippen LogP contribution in [0.4, 0.5) is 5.82 Å². The quantitative estimate of drug-likeness (QED) is 0.773. The second-order valence-corrected chi connectivity index (χ2v) is 4.77. The van der Waals surface area contributed by atoms with Gasteiger partial charge in [0.1, 0.15) is 5.82 Å². The van der Waals surface area contributed by atoms with E-state index in [-0.39, 0.29) is 5.69 Å². The molecule has 5 heteroatoms. The molecule has 2 rings (SSSR count). The number of pyridine rings is 1.